The minimum absolute atomic E-state index is 0.354. The van der Waals surface area contributed by atoms with Crippen LogP contribution in [0.15, 0.2) is 36.9 Å². The van der Waals surface area contributed by atoms with E-state index in [4.69, 9.17) is 14.2 Å². The third-order valence-corrected chi connectivity index (χ3v) is 3.75. The van der Waals surface area contributed by atoms with Crippen molar-refractivity contribution < 1.29 is 19.1 Å². The smallest absolute Gasteiger partial charge is 0.161 e. The van der Waals surface area contributed by atoms with Gasteiger partial charge in [0.05, 0.1) is 13.2 Å². The molecule has 1 fully saturated rings. The minimum Gasteiger partial charge on any atom is -0.489 e. The molecular weight excluding hydrogens is 278 g/mol. The first kappa shape index (κ1) is 16.8. The van der Waals surface area contributed by atoms with Crippen LogP contribution in [0.2, 0.25) is 0 Å². The van der Waals surface area contributed by atoms with Gasteiger partial charge in [0.2, 0.25) is 0 Å². The van der Waals surface area contributed by atoms with Crippen molar-refractivity contribution in [3.8, 4) is 11.5 Å². The van der Waals surface area contributed by atoms with Crippen LogP contribution in [0.5, 0.6) is 11.5 Å². The third-order valence-electron chi connectivity index (χ3n) is 3.75. The van der Waals surface area contributed by atoms with E-state index in [1.807, 2.05) is 24.3 Å². The summed E-state index contributed by atoms with van der Waals surface area (Å²) in [5.41, 5.74) is 0. The molecule has 0 bridgehead atoms. The van der Waals surface area contributed by atoms with Gasteiger partial charge in [0.1, 0.15) is 31.9 Å². The normalized spacial score (nSPS) is 24.7. The monoisotopic (exact) mass is 306 g/mol. The minimum atomic E-state index is 0.354. The summed E-state index contributed by atoms with van der Waals surface area (Å²) in [6.45, 7) is 12.5. The summed E-state index contributed by atoms with van der Waals surface area (Å²) >= 11 is 0. The highest BCUT2D eigenvalue weighted by Crippen LogP contribution is 2.26. The molecule has 1 aliphatic heterocycles. The van der Waals surface area contributed by atoms with Crippen molar-refractivity contribution in [1.29, 1.82) is 0 Å². The summed E-state index contributed by atoms with van der Waals surface area (Å²) in [5, 5.41) is 0. The van der Waals surface area contributed by atoms with Gasteiger partial charge >= 0.3 is 0 Å². The lowest BCUT2D eigenvalue weighted by atomic mass is 10.2. The fourth-order valence-corrected chi connectivity index (χ4v) is 2.93. The standard InChI is InChI=1S/C18H27NO3/c1-4-11-20-17-8-5-6-9-18(17)21-12-7-10-19-13-15(2)22-16(3)14-19/h4-6,8-9,15-16H,1,7,10-14H2,2-3H3/p+1/t15-,16+. The summed E-state index contributed by atoms with van der Waals surface area (Å²) in [7, 11) is 0. The van der Waals surface area contributed by atoms with Crippen molar-refractivity contribution in [2.24, 2.45) is 0 Å². The molecule has 22 heavy (non-hydrogen) atoms. The maximum Gasteiger partial charge on any atom is 0.161 e. The van der Waals surface area contributed by atoms with Gasteiger partial charge in [-0.3, -0.25) is 0 Å². The highest BCUT2D eigenvalue weighted by atomic mass is 16.5. The van der Waals surface area contributed by atoms with Crippen LogP contribution in [0.1, 0.15) is 20.3 Å². The Balaban J connectivity index is 1.73. The van der Waals surface area contributed by atoms with Crippen LogP contribution in [0, 0.1) is 0 Å². The van der Waals surface area contributed by atoms with Gasteiger partial charge in [-0.15, -0.1) is 0 Å². The van der Waals surface area contributed by atoms with Crippen LogP contribution < -0.4 is 14.4 Å². The number of para-hydroxylation sites is 2. The molecule has 0 aromatic heterocycles. The predicted molar refractivity (Wildman–Crippen MR) is 87.8 cm³/mol. The second kappa shape index (κ2) is 8.81. The molecule has 1 heterocycles. The van der Waals surface area contributed by atoms with Crippen molar-refractivity contribution >= 4 is 0 Å². The SMILES string of the molecule is C=CCOc1ccccc1OCCC[NH+]1C[C@@H](C)O[C@@H](C)C1. The first-order valence-electron chi connectivity index (χ1n) is 8.13. The summed E-state index contributed by atoms with van der Waals surface area (Å²) in [6, 6.07) is 7.79. The molecule has 3 atom stereocenters. The fourth-order valence-electron chi connectivity index (χ4n) is 2.93. The van der Waals surface area contributed by atoms with Gasteiger partial charge in [0.25, 0.3) is 0 Å². The zero-order chi connectivity index (χ0) is 15.8. The van der Waals surface area contributed by atoms with E-state index in [0.717, 1.165) is 37.6 Å². The second-order valence-corrected chi connectivity index (χ2v) is 5.91. The van der Waals surface area contributed by atoms with Crippen LogP contribution in [0.25, 0.3) is 0 Å². The van der Waals surface area contributed by atoms with Gasteiger partial charge in [-0.25, -0.2) is 0 Å². The van der Waals surface area contributed by atoms with E-state index in [1.54, 1.807) is 11.0 Å². The molecule has 122 valence electrons. The van der Waals surface area contributed by atoms with Crippen LogP contribution in [0.4, 0.5) is 0 Å². The maximum absolute atomic E-state index is 5.88. The zero-order valence-electron chi connectivity index (χ0n) is 13.7. The van der Waals surface area contributed by atoms with Crippen LogP contribution >= 0.6 is 0 Å². The Kier molecular flexibility index (Phi) is 6.74. The molecule has 1 aromatic rings. The molecule has 0 spiro atoms. The van der Waals surface area contributed by atoms with Gasteiger partial charge in [0, 0.05) is 6.42 Å². The van der Waals surface area contributed by atoms with Crippen molar-refractivity contribution in [1.82, 2.24) is 0 Å². The lowest BCUT2D eigenvalue weighted by molar-refractivity contribution is -0.915. The zero-order valence-corrected chi connectivity index (χ0v) is 13.7. The summed E-state index contributed by atoms with van der Waals surface area (Å²) in [5.74, 6) is 1.59. The van der Waals surface area contributed by atoms with Gasteiger partial charge < -0.3 is 19.1 Å². The van der Waals surface area contributed by atoms with E-state index in [-0.39, 0.29) is 0 Å². The van der Waals surface area contributed by atoms with Gasteiger partial charge in [-0.2, -0.15) is 0 Å². The molecule has 1 unspecified atom stereocenters. The van der Waals surface area contributed by atoms with Crippen molar-refractivity contribution in [2.45, 2.75) is 32.5 Å². The first-order chi connectivity index (χ1) is 10.7. The third kappa shape index (κ3) is 5.35. The fraction of sp³-hybridized carbons (Fsp3) is 0.556. The molecular formula is C18H28NO3+. The molecule has 4 heteroatoms. The highest BCUT2D eigenvalue weighted by molar-refractivity contribution is 5.39. The average Bonchev–Trinajstić information content (AvgIpc) is 2.49. The number of hydrogen-bond donors (Lipinski definition) is 1. The Hall–Kier alpha value is -1.52. The van der Waals surface area contributed by atoms with Gasteiger partial charge in [0.15, 0.2) is 11.5 Å². The lowest BCUT2D eigenvalue weighted by Crippen LogP contribution is -3.15. The van der Waals surface area contributed by atoms with Crippen molar-refractivity contribution in [3.63, 3.8) is 0 Å². The molecule has 0 aliphatic carbocycles. The number of ether oxygens (including phenoxy) is 3. The highest BCUT2D eigenvalue weighted by Gasteiger charge is 2.24. The van der Waals surface area contributed by atoms with Crippen molar-refractivity contribution in [2.75, 3.05) is 32.8 Å². The van der Waals surface area contributed by atoms with E-state index in [2.05, 4.69) is 20.4 Å². The molecule has 1 aromatic carbocycles. The molecule has 0 radical (unpaired) electrons. The molecule has 0 saturated carbocycles. The second-order valence-electron chi connectivity index (χ2n) is 5.91. The number of nitrogens with one attached hydrogen (secondary N) is 1. The topological polar surface area (TPSA) is 32.1 Å². The Morgan fingerprint density at radius 3 is 2.45 bits per heavy atom. The number of quaternary nitrogens is 1. The number of rotatable bonds is 8. The molecule has 1 N–H and O–H groups in total. The lowest BCUT2D eigenvalue weighted by Gasteiger charge is -2.32. The molecule has 4 nitrogen and oxygen atoms in total. The number of morpholine rings is 1. The predicted octanol–water partition coefficient (Wildman–Crippen LogP) is 1.71. The number of benzene rings is 1. The van der Waals surface area contributed by atoms with E-state index >= 15 is 0 Å². The van der Waals surface area contributed by atoms with Crippen LogP contribution in [-0.4, -0.2) is 45.1 Å². The van der Waals surface area contributed by atoms with Gasteiger partial charge in [-0.05, 0) is 26.0 Å². The maximum atomic E-state index is 5.88. The summed E-state index contributed by atoms with van der Waals surface area (Å²) in [4.78, 5) is 1.60. The molecule has 2 rings (SSSR count). The van der Waals surface area contributed by atoms with E-state index < -0.39 is 0 Å². The van der Waals surface area contributed by atoms with Crippen LogP contribution in [-0.2, 0) is 4.74 Å². The van der Waals surface area contributed by atoms with E-state index in [9.17, 15) is 0 Å². The molecule has 1 aliphatic rings. The van der Waals surface area contributed by atoms with Crippen molar-refractivity contribution in [3.05, 3.63) is 36.9 Å². The summed E-state index contributed by atoms with van der Waals surface area (Å²) in [6.07, 6.45) is 3.48. The van der Waals surface area contributed by atoms with E-state index in [1.165, 1.54) is 0 Å². The average molecular weight is 306 g/mol. The van der Waals surface area contributed by atoms with Gasteiger partial charge in [-0.1, -0.05) is 24.8 Å². The quantitative estimate of drug-likeness (QED) is 0.586. The largest absolute Gasteiger partial charge is 0.489 e. The first-order valence-corrected chi connectivity index (χ1v) is 8.13. The van der Waals surface area contributed by atoms with E-state index in [0.29, 0.717) is 25.4 Å². The van der Waals surface area contributed by atoms with Crippen LogP contribution in [0.3, 0.4) is 0 Å². The Labute approximate surface area is 133 Å². The Morgan fingerprint density at radius 2 is 1.82 bits per heavy atom. The number of hydrogen-bond acceptors (Lipinski definition) is 3. The molecule has 1 saturated heterocycles. The Bertz CT molecular complexity index is 453. The summed E-state index contributed by atoms with van der Waals surface area (Å²) < 4.78 is 17.2. The molecule has 0 amide bonds. The Morgan fingerprint density at radius 1 is 1.18 bits per heavy atom.